The Bertz CT molecular complexity index is 604. The minimum atomic E-state index is -0.312. The van der Waals surface area contributed by atoms with Crippen LogP contribution in [-0.4, -0.2) is 36.7 Å². The molecule has 3 saturated heterocycles. The lowest BCUT2D eigenvalue weighted by Crippen LogP contribution is -2.34. The van der Waals surface area contributed by atoms with Crippen molar-refractivity contribution in [2.24, 2.45) is 21.7 Å². The molecule has 3 aliphatic heterocycles. The fraction of sp³-hybridized carbons (Fsp3) is 0.864. The second kappa shape index (κ2) is 7.68. The molecule has 0 amide bonds. The topological polar surface area (TPSA) is 78.9 Å². The molecule has 3 aliphatic rings. The van der Waals surface area contributed by atoms with Gasteiger partial charge in [-0.05, 0) is 27.7 Å². The molecule has 0 N–H and O–H groups in total. The second-order valence-electron chi connectivity index (χ2n) is 11.1. The molecule has 0 aromatic heterocycles. The van der Waals surface area contributed by atoms with Crippen molar-refractivity contribution in [2.45, 2.75) is 87.7 Å². The van der Waals surface area contributed by atoms with Gasteiger partial charge >= 0.3 is 17.9 Å². The number of rotatable bonds is 0. The van der Waals surface area contributed by atoms with E-state index in [2.05, 4.69) is 27.7 Å². The van der Waals surface area contributed by atoms with Crippen LogP contribution in [0.1, 0.15) is 82.1 Å². The maximum absolute atomic E-state index is 11.1. The summed E-state index contributed by atoms with van der Waals surface area (Å²) in [6, 6.07) is 0. The predicted octanol–water partition coefficient (Wildman–Crippen LogP) is 4.29. The van der Waals surface area contributed by atoms with Gasteiger partial charge in [0.25, 0.3) is 0 Å². The lowest BCUT2D eigenvalue weighted by atomic mass is 9.70. The van der Waals surface area contributed by atoms with Crippen molar-refractivity contribution in [3.8, 4) is 0 Å². The number of hydrogen-bond donors (Lipinski definition) is 0. The van der Waals surface area contributed by atoms with Crippen LogP contribution in [0.4, 0.5) is 0 Å². The number of carbonyl (C=O) groups excluding carboxylic acids is 3. The third-order valence-corrected chi connectivity index (χ3v) is 6.60. The second-order valence-corrected chi connectivity index (χ2v) is 11.1. The van der Waals surface area contributed by atoms with Crippen LogP contribution in [-0.2, 0) is 28.6 Å². The fourth-order valence-corrected chi connectivity index (χ4v) is 2.68. The zero-order valence-electron chi connectivity index (χ0n) is 19.3. The third-order valence-electron chi connectivity index (χ3n) is 6.60. The van der Waals surface area contributed by atoms with E-state index >= 15 is 0 Å². The summed E-state index contributed by atoms with van der Waals surface area (Å²) in [5.74, 6) is -0.206. The summed E-state index contributed by atoms with van der Waals surface area (Å²) in [6.07, 6.45) is 1.12. The lowest BCUT2D eigenvalue weighted by Gasteiger charge is -2.31. The minimum Gasteiger partial charge on any atom is -0.465 e. The monoisotopic (exact) mass is 398 g/mol. The molecule has 0 unspecified atom stereocenters. The SMILES string of the molecule is CC1(C)CC(=O)OC1(C)C.CC1(C)COC(=O)C1.CC1(C)COC(=O)C1(C)C. The summed E-state index contributed by atoms with van der Waals surface area (Å²) >= 11 is 0. The van der Waals surface area contributed by atoms with Crippen LogP contribution >= 0.6 is 0 Å². The van der Waals surface area contributed by atoms with Gasteiger partial charge in [-0.1, -0.05) is 41.5 Å². The van der Waals surface area contributed by atoms with Crippen LogP contribution in [0.5, 0.6) is 0 Å². The molecule has 0 radical (unpaired) electrons. The number of carbonyl (C=O) groups is 3. The number of ether oxygens (including phenoxy) is 3. The first-order valence-electron chi connectivity index (χ1n) is 9.88. The predicted molar refractivity (Wildman–Crippen MR) is 106 cm³/mol. The lowest BCUT2D eigenvalue weighted by molar-refractivity contribution is -0.148. The fourth-order valence-electron chi connectivity index (χ4n) is 2.68. The maximum atomic E-state index is 11.1. The van der Waals surface area contributed by atoms with E-state index in [-0.39, 0.29) is 45.2 Å². The van der Waals surface area contributed by atoms with E-state index in [9.17, 15) is 14.4 Å². The maximum Gasteiger partial charge on any atom is 0.312 e. The highest BCUT2D eigenvalue weighted by Gasteiger charge is 2.50. The molecule has 6 heteroatoms. The van der Waals surface area contributed by atoms with Crippen molar-refractivity contribution in [3.63, 3.8) is 0 Å². The molecule has 0 spiro atoms. The van der Waals surface area contributed by atoms with E-state index in [1.807, 2.05) is 41.5 Å². The molecule has 28 heavy (non-hydrogen) atoms. The average molecular weight is 399 g/mol. The van der Waals surface area contributed by atoms with Gasteiger partial charge in [0.05, 0.1) is 31.5 Å². The van der Waals surface area contributed by atoms with Crippen molar-refractivity contribution in [1.29, 1.82) is 0 Å². The molecule has 0 bridgehead atoms. The van der Waals surface area contributed by atoms with Crippen LogP contribution in [0.2, 0.25) is 0 Å². The number of esters is 3. The van der Waals surface area contributed by atoms with Crippen molar-refractivity contribution >= 4 is 17.9 Å². The Morgan fingerprint density at radius 2 is 1.18 bits per heavy atom. The van der Waals surface area contributed by atoms with Gasteiger partial charge in [0.1, 0.15) is 5.60 Å². The van der Waals surface area contributed by atoms with Crippen LogP contribution in [0.3, 0.4) is 0 Å². The molecule has 0 aliphatic carbocycles. The van der Waals surface area contributed by atoms with Crippen molar-refractivity contribution in [1.82, 2.24) is 0 Å². The van der Waals surface area contributed by atoms with Crippen molar-refractivity contribution < 1.29 is 28.6 Å². The van der Waals surface area contributed by atoms with Gasteiger partial charge in [0.15, 0.2) is 0 Å². The highest BCUT2D eigenvalue weighted by atomic mass is 16.6. The number of cyclic esters (lactones) is 3. The quantitative estimate of drug-likeness (QED) is 0.447. The van der Waals surface area contributed by atoms with Crippen LogP contribution in [0.15, 0.2) is 0 Å². The van der Waals surface area contributed by atoms with Crippen LogP contribution < -0.4 is 0 Å². The van der Waals surface area contributed by atoms with E-state index < -0.39 is 0 Å². The minimum absolute atomic E-state index is 0.00984. The average Bonchev–Trinajstić information content (AvgIpc) is 2.96. The Morgan fingerprint density at radius 1 is 0.643 bits per heavy atom. The molecule has 6 nitrogen and oxygen atoms in total. The van der Waals surface area contributed by atoms with E-state index in [1.54, 1.807) is 0 Å². The van der Waals surface area contributed by atoms with E-state index in [0.29, 0.717) is 26.1 Å². The van der Waals surface area contributed by atoms with Gasteiger partial charge in [-0.3, -0.25) is 14.4 Å². The molecule has 0 aromatic carbocycles. The van der Waals surface area contributed by atoms with Gasteiger partial charge in [-0.25, -0.2) is 0 Å². The zero-order valence-corrected chi connectivity index (χ0v) is 19.3. The van der Waals surface area contributed by atoms with Gasteiger partial charge in [0.2, 0.25) is 0 Å². The Hall–Kier alpha value is -1.59. The Kier molecular flexibility index (Phi) is 6.70. The van der Waals surface area contributed by atoms with Crippen molar-refractivity contribution in [2.75, 3.05) is 13.2 Å². The first-order chi connectivity index (χ1) is 12.3. The summed E-state index contributed by atoms with van der Waals surface area (Å²) in [7, 11) is 0. The summed E-state index contributed by atoms with van der Waals surface area (Å²) in [5.41, 5.74) is -0.525. The highest BCUT2D eigenvalue weighted by molar-refractivity contribution is 5.79. The molecular formula is C22H38O6. The van der Waals surface area contributed by atoms with Gasteiger partial charge < -0.3 is 14.2 Å². The first kappa shape index (κ1) is 24.4. The molecular weight excluding hydrogens is 360 g/mol. The van der Waals surface area contributed by atoms with Crippen LogP contribution in [0, 0.1) is 21.7 Å². The molecule has 162 valence electrons. The van der Waals surface area contributed by atoms with E-state index in [1.165, 1.54) is 0 Å². The van der Waals surface area contributed by atoms with E-state index in [4.69, 9.17) is 14.2 Å². The summed E-state index contributed by atoms with van der Waals surface area (Å²) in [6.45, 7) is 21.2. The standard InChI is InChI=1S/2C8H14O2.C6H10O2/c1-7(2)5-10-6(9)8(7,3)4;1-7(2)5-6(9)10-8(7,3)4;1-6(2)3-5(7)8-4-6/h2*5H2,1-4H3;3-4H2,1-2H3. The zero-order chi connectivity index (χ0) is 22.2. The Labute approximate surface area is 169 Å². The van der Waals surface area contributed by atoms with E-state index in [0.717, 1.165) is 0 Å². The molecule has 0 aromatic rings. The highest BCUT2D eigenvalue weighted by Crippen LogP contribution is 2.44. The molecule has 0 atom stereocenters. The summed E-state index contributed by atoms with van der Waals surface area (Å²) < 4.78 is 14.8. The molecule has 0 saturated carbocycles. The Balaban J connectivity index is 0.000000212. The Morgan fingerprint density at radius 3 is 1.29 bits per heavy atom. The van der Waals surface area contributed by atoms with Crippen molar-refractivity contribution in [3.05, 3.63) is 0 Å². The van der Waals surface area contributed by atoms with Gasteiger partial charge in [0, 0.05) is 16.2 Å². The molecule has 3 rings (SSSR count). The van der Waals surface area contributed by atoms with Gasteiger partial charge in [-0.2, -0.15) is 0 Å². The van der Waals surface area contributed by atoms with Crippen LogP contribution in [0.25, 0.3) is 0 Å². The summed E-state index contributed by atoms with van der Waals surface area (Å²) in [4.78, 5) is 32.4. The third kappa shape index (κ3) is 5.48. The molecule has 3 heterocycles. The first-order valence-corrected chi connectivity index (χ1v) is 9.88. The van der Waals surface area contributed by atoms with Gasteiger partial charge in [-0.15, -0.1) is 0 Å². The largest absolute Gasteiger partial charge is 0.465 e. The molecule has 3 fully saturated rings. The normalized spacial score (nSPS) is 27.4. The number of hydrogen-bond acceptors (Lipinski definition) is 6. The summed E-state index contributed by atoms with van der Waals surface area (Å²) in [5, 5.41) is 0. The smallest absolute Gasteiger partial charge is 0.312 e.